The van der Waals surface area contributed by atoms with Gasteiger partial charge in [0.2, 0.25) is 0 Å². The Balaban J connectivity index is 4.57. The van der Waals surface area contributed by atoms with Gasteiger partial charge in [0, 0.05) is 31.8 Å². The second-order valence-corrected chi connectivity index (χ2v) is 6.76. The average Bonchev–Trinajstić information content (AvgIpc) is 2.38. The molecule has 0 heterocycles. The van der Waals surface area contributed by atoms with Crippen LogP contribution in [0.3, 0.4) is 0 Å². The van der Waals surface area contributed by atoms with E-state index in [-0.39, 0.29) is 5.54 Å². The second-order valence-electron chi connectivity index (χ2n) is 6.76. The number of hydrogen-bond donors (Lipinski definition) is 2. The van der Waals surface area contributed by atoms with Crippen LogP contribution in [0.4, 0.5) is 0 Å². The van der Waals surface area contributed by atoms with Crippen molar-refractivity contribution in [3.8, 4) is 0 Å². The Morgan fingerprint density at radius 1 is 1.05 bits per heavy atom. The summed E-state index contributed by atoms with van der Waals surface area (Å²) in [6.07, 6.45) is 3.27. The fourth-order valence-electron chi connectivity index (χ4n) is 2.35. The molecule has 0 atom stereocenters. The zero-order valence-electron chi connectivity index (χ0n) is 14.1. The summed E-state index contributed by atoms with van der Waals surface area (Å²) < 4.78 is 0. The third kappa shape index (κ3) is 7.91. The molecule has 0 rings (SSSR count). The van der Waals surface area contributed by atoms with Crippen LogP contribution in [0, 0.1) is 5.41 Å². The molecule has 0 aromatic rings. The topological polar surface area (TPSA) is 35.5 Å². The number of hydrogen-bond acceptors (Lipinski definition) is 3. The summed E-state index contributed by atoms with van der Waals surface area (Å²) >= 11 is 0. The molecule has 2 N–H and O–H groups in total. The van der Waals surface area contributed by atoms with Gasteiger partial charge in [0.05, 0.1) is 0 Å². The van der Waals surface area contributed by atoms with E-state index >= 15 is 0 Å². The molecule has 0 aromatic heterocycles. The van der Waals surface area contributed by atoms with E-state index in [1.165, 1.54) is 12.8 Å². The second kappa shape index (κ2) is 8.93. The molecule has 0 unspecified atom stereocenters. The third-order valence-electron chi connectivity index (χ3n) is 4.13. The molecule has 0 bridgehead atoms. The third-order valence-corrected chi connectivity index (χ3v) is 4.13. The number of aliphatic hydroxyl groups excluding tert-OH is 1. The van der Waals surface area contributed by atoms with Gasteiger partial charge in [-0.15, -0.1) is 0 Å². The Morgan fingerprint density at radius 2 is 1.63 bits per heavy atom. The summed E-state index contributed by atoms with van der Waals surface area (Å²) in [5.41, 5.74) is 0.524. The van der Waals surface area contributed by atoms with Crippen LogP contribution in [0.25, 0.3) is 0 Å². The van der Waals surface area contributed by atoms with E-state index in [1.807, 2.05) is 0 Å². The number of rotatable bonds is 10. The molecule has 0 aliphatic rings. The van der Waals surface area contributed by atoms with Gasteiger partial charge in [-0.2, -0.15) is 0 Å². The van der Waals surface area contributed by atoms with Gasteiger partial charge in [0.15, 0.2) is 0 Å². The maximum atomic E-state index is 8.99. The van der Waals surface area contributed by atoms with Crippen LogP contribution >= 0.6 is 0 Å². The highest BCUT2D eigenvalue weighted by Crippen LogP contribution is 2.27. The van der Waals surface area contributed by atoms with E-state index in [4.69, 9.17) is 5.11 Å². The van der Waals surface area contributed by atoms with Crippen molar-refractivity contribution < 1.29 is 5.11 Å². The van der Waals surface area contributed by atoms with E-state index in [9.17, 15) is 0 Å². The summed E-state index contributed by atoms with van der Waals surface area (Å²) in [6, 6.07) is 0. The van der Waals surface area contributed by atoms with E-state index in [2.05, 4.69) is 51.8 Å². The summed E-state index contributed by atoms with van der Waals surface area (Å²) in [7, 11) is 0. The molecule has 0 fully saturated rings. The molecular weight excluding hydrogens is 236 g/mol. The van der Waals surface area contributed by atoms with Crippen LogP contribution in [0.5, 0.6) is 0 Å². The van der Waals surface area contributed by atoms with Crippen molar-refractivity contribution in [2.24, 2.45) is 5.41 Å². The SMILES string of the molecule is CCN(CCCO)CC(CC)(CC)CNC(C)(C)C. The molecule has 3 nitrogen and oxygen atoms in total. The van der Waals surface area contributed by atoms with E-state index in [0.29, 0.717) is 12.0 Å². The van der Waals surface area contributed by atoms with Crippen molar-refractivity contribution in [2.75, 3.05) is 32.8 Å². The van der Waals surface area contributed by atoms with Crippen molar-refractivity contribution in [3.63, 3.8) is 0 Å². The molecular formula is C16H36N2O. The highest BCUT2D eigenvalue weighted by atomic mass is 16.3. The van der Waals surface area contributed by atoms with Crippen LogP contribution in [0.15, 0.2) is 0 Å². The number of aliphatic hydroxyl groups is 1. The maximum Gasteiger partial charge on any atom is 0.0443 e. The van der Waals surface area contributed by atoms with E-state index in [0.717, 1.165) is 32.6 Å². The first-order chi connectivity index (χ1) is 8.82. The van der Waals surface area contributed by atoms with Gasteiger partial charge >= 0.3 is 0 Å². The lowest BCUT2D eigenvalue weighted by atomic mass is 9.81. The van der Waals surface area contributed by atoms with Crippen molar-refractivity contribution in [3.05, 3.63) is 0 Å². The monoisotopic (exact) mass is 272 g/mol. The molecule has 116 valence electrons. The fourth-order valence-corrected chi connectivity index (χ4v) is 2.35. The minimum absolute atomic E-state index is 0.178. The molecule has 3 heteroatoms. The molecule has 0 saturated carbocycles. The van der Waals surface area contributed by atoms with E-state index in [1.54, 1.807) is 0 Å². The van der Waals surface area contributed by atoms with Crippen molar-refractivity contribution in [1.29, 1.82) is 0 Å². The average molecular weight is 272 g/mol. The minimum Gasteiger partial charge on any atom is -0.396 e. The lowest BCUT2D eigenvalue weighted by molar-refractivity contribution is 0.123. The largest absolute Gasteiger partial charge is 0.396 e. The van der Waals surface area contributed by atoms with Gasteiger partial charge in [-0.1, -0.05) is 20.8 Å². The molecule has 0 saturated heterocycles. The molecule has 0 amide bonds. The number of nitrogens with one attached hydrogen (secondary N) is 1. The summed E-state index contributed by atoms with van der Waals surface area (Å²) in [6.45, 7) is 18.1. The minimum atomic E-state index is 0.178. The molecule has 0 spiro atoms. The fraction of sp³-hybridized carbons (Fsp3) is 1.00. The van der Waals surface area contributed by atoms with Gasteiger partial charge < -0.3 is 15.3 Å². The maximum absolute atomic E-state index is 8.99. The quantitative estimate of drug-likeness (QED) is 0.642. The van der Waals surface area contributed by atoms with Crippen molar-refractivity contribution >= 4 is 0 Å². The lowest BCUT2D eigenvalue weighted by Gasteiger charge is -2.39. The molecule has 19 heavy (non-hydrogen) atoms. The van der Waals surface area contributed by atoms with E-state index < -0.39 is 0 Å². The molecule has 0 radical (unpaired) electrons. The van der Waals surface area contributed by atoms with Crippen LogP contribution in [-0.2, 0) is 0 Å². The summed E-state index contributed by atoms with van der Waals surface area (Å²) in [4.78, 5) is 2.48. The van der Waals surface area contributed by atoms with Crippen LogP contribution < -0.4 is 5.32 Å². The van der Waals surface area contributed by atoms with Gasteiger partial charge in [0.25, 0.3) is 0 Å². The predicted molar refractivity (Wildman–Crippen MR) is 84.6 cm³/mol. The Morgan fingerprint density at radius 3 is 2.00 bits per heavy atom. The lowest BCUT2D eigenvalue weighted by Crippen LogP contribution is -2.48. The first kappa shape index (κ1) is 18.9. The zero-order valence-corrected chi connectivity index (χ0v) is 14.1. The standard InChI is InChI=1S/C16H36N2O/c1-7-16(8-2,13-17-15(4,5)6)14-18(9-3)11-10-12-19/h17,19H,7-14H2,1-6H3. The van der Waals surface area contributed by atoms with Gasteiger partial charge in [-0.3, -0.25) is 0 Å². The Hall–Kier alpha value is -0.120. The predicted octanol–water partition coefficient (Wildman–Crippen LogP) is 2.89. The van der Waals surface area contributed by atoms with Gasteiger partial charge in [0.1, 0.15) is 0 Å². The van der Waals surface area contributed by atoms with Crippen LogP contribution in [-0.4, -0.2) is 48.3 Å². The van der Waals surface area contributed by atoms with Crippen molar-refractivity contribution in [1.82, 2.24) is 10.2 Å². The van der Waals surface area contributed by atoms with Crippen LogP contribution in [0.1, 0.15) is 60.8 Å². The Labute approximate surface area is 120 Å². The smallest absolute Gasteiger partial charge is 0.0443 e. The highest BCUT2D eigenvalue weighted by Gasteiger charge is 2.29. The van der Waals surface area contributed by atoms with Gasteiger partial charge in [-0.05, 0) is 52.0 Å². The molecule has 0 aromatic carbocycles. The normalized spacial score (nSPS) is 13.3. The first-order valence-electron chi connectivity index (χ1n) is 7.90. The number of nitrogens with zero attached hydrogens (tertiary/aromatic N) is 1. The Kier molecular flexibility index (Phi) is 8.88. The van der Waals surface area contributed by atoms with Gasteiger partial charge in [-0.25, -0.2) is 0 Å². The zero-order chi connectivity index (χ0) is 14.9. The molecule has 0 aliphatic carbocycles. The van der Waals surface area contributed by atoms with Crippen LogP contribution in [0.2, 0.25) is 0 Å². The first-order valence-corrected chi connectivity index (χ1v) is 7.90. The molecule has 0 aliphatic heterocycles. The van der Waals surface area contributed by atoms with Crippen molar-refractivity contribution in [2.45, 2.75) is 66.3 Å². The summed E-state index contributed by atoms with van der Waals surface area (Å²) in [5, 5.41) is 12.7. The highest BCUT2D eigenvalue weighted by molar-refractivity contribution is 4.85. The Bertz CT molecular complexity index is 219. The summed E-state index contributed by atoms with van der Waals surface area (Å²) in [5.74, 6) is 0.